The van der Waals surface area contributed by atoms with Crippen molar-refractivity contribution in [3.63, 3.8) is 0 Å². The molecule has 1 heterocycles. The van der Waals surface area contributed by atoms with Crippen LogP contribution in [-0.2, 0) is 19.7 Å². The summed E-state index contributed by atoms with van der Waals surface area (Å²) in [5.74, 6) is 0.147. The first-order valence-corrected chi connectivity index (χ1v) is 8.28. The van der Waals surface area contributed by atoms with E-state index in [9.17, 15) is 13.2 Å². The highest BCUT2D eigenvalue weighted by Crippen LogP contribution is 2.20. The van der Waals surface area contributed by atoms with Crippen molar-refractivity contribution in [1.29, 1.82) is 0 Å². The first kappa shape index (κ1) is 17.4. The number of ether oxygens (including phenoxy) is 1. The molecule has 1 rings (SSSR count). The number of likely N-dealkylation sites (tertiary alicyclic amines) is 1. The predicted molar refractivity (Wildman–Crippen MR) is 76.1 cm³/mol. The predicted octanol–water partition coefficient (Wildman–Crippen LogP) is -0.167. The molecule has 0 aromatic rings. The summed E-state index contributed by atoms with van der Waals surface area (Å²) in [6.07, 6.45) is 2.08. The number of nitrogens with one attached hydrogen (secondary N) is 1. The second kappa shape index (κ2) is 6.84. The first-order chi connectivity index (χ1) is 9.13. The van der Waals surface area contributed by atoms with Crippen LogP contribution < -0.4 is 9.86 Å². The topological polar surface area (TPSA) is 102 Å². The molecule has 1 unspecified atom stereocenters. The van der Waals surface area contributed by atoms with Gasteiger partial charge in [-0.25, -0.2) is 9.86 Å². The quantitative estimate of drug-likeness (QED) is 0.711. The number of nitrogens with two attached hydrogens (primary N) is 1. The fourth-order valence-electron chi connectivity index (χ4n) is 2.24. The minimum atomic E-state index is -3.67. The van der Waals surface area contributed by atoms with Gasteiger partial charge in [0.05, 0.1) is 12.0 Å². The average molecular weight is 307 g/mol. The van der Waals surface area contributed by atoms with E-state index < -0.39 is 15.8 Å². The highest BCUT2D eigenvalue weighted by Gasteiger charge is 2.28. The Morgan fingerprint density at radius 2 is 2.15 bits per heavy atom. The van der Waals surface area contributed by atoms with Gasteiger partial charge in [-0.2, -0.15) is 8.42 Å². The van der Waals surface area contributed by atoms with Crippen molar-refractivity contribution >= 4 is 16.1 Å². The van der Waals surface area contributed by atoms with Gasteiger partial charge in [-0.1, -0.05) is 0 Å². The van der Waals surface area contributed by atoms with Gasteiger partial charge < -0.3 is 9.64 Å². The van der Waals surface area contributed by atoms with E-state index in [4.69, 9.17) is 9.88 Å². The number of methoxy groups -OCH3 is 1. The monoisotopic (exact) mass is 307 g/mol. The Labute approximate surface area is 121 Å². The summed E-state index contributed by atoms with van der Waals surface area (Å²) in [5.41, 5.74) is -0.483. The summed E-state index contributed by atoms with van der Waals surface area (Å²) in [7, 11) is -2.08. The molecular formula is C12H25N3O4S. The lowest BCUT2D eigenvalue weighted by atomic mass is 9.96. The van der Waals surface area contributed by atoms with E-state index in [1.54, 1.807) is 12.0 Å². The molecule has 1 aliphatic rings. The van der Waals surface area contributed by atoms with Gasteiger partial charge in [0, 0.05) is 26.7 Å². The number of nitrogens with zero attached hydrogens (tertiary/aromatic N) is 1. The maximum atomic E-state index is 12.2. The Bertz CT molecular complexity index is 436. The molecule has 0 radical (unpaired) electrons. The molecule has 0 bridgehead atoms. The first-order valence-electron chi connectivity index (χ1n) is 6.73. The zero-order chi connectivity index (χ0) is 15.4. The van der Waals surface area contributed by atoms with Crippen LogP contribution in [0.4, 0.5) is 0 Å². The third-order valence-electron chi connectivity index (χ3n) is 3.57. The maximum Gasteiger partial charge on any atom is 0.274 e. The number of hydrogen-bond acceptors (Lipinski definition) is 4. The maximum absolute atomic E-state index is 12.2. The molecule has 1 saturated heterocycles. The lowest BCUT2D eigenvalue weighted by molar-refractivity contribution is -0.138. The number of rotatable bonds is 6. The number of amides is 1. The summed E-state index contributed by atoms with van der Waals surface area (Å²) >= 11 is 0. The summed E-state index contributed by atoms with van der Waals surface area (Å²) in [6, 6.07) is 0. The molecule has 3 N–H and O–H groups in total. The Balaban J connectivity index is 2.50. The normalized spacial score (nSPS) is 21.0. The van der Waals surface area contributed by atoms with E-state index >= 15 is 0 Å². The summed E-state index contributed by atoms with van der Waals surface area (Å²) < 4.78 is 29.3. The molecule has 1 aliphatic heterocycles. The van der Waals surface area contributed by atoms with E-state index in [0.717, 1.165) is 12.8 Å². The van der Waals surface area contributed by atoms with E-state index in [1.165, 1.54) is 0 Å². The third kappa shape index (κ3) is 6.17. The second-order valence-corrected chi connectivity index (χ2v) is 7.26. The molecule has 1 fully saturated rings. The molecule has 0 saturated carbocycles. The number of piperidine rings is 1. The van der Waals surface area contributed by atoms with Crippen LogP contribution in [0.15, 0.2) is 0 Å². The Kier molecular flexibility index (Phi) is 5.93. The van der Waals surface area contributed by atoms with Crippen molar-refractivity contribution in [3.8, 4) is 0 Å². The molecule has 0 spiro atoms. The third-order valence-corrected chi connectivity index (χ3v) is 4.14. The molecule has 0 aromatic carbocycles. The molecule has 0 aliphatic carbocycles. The molecule has 118 valence electrons. The molecule has 20 heavy (non-hydrogen) atoms. The highest BCUT2D eigenvalue weighted by atomic mass is 32.2. The number of carbonyl (C=O) groups is 1. The van der Waals surface area contributed by atoms with E-state index in [1.807, 2.05) is 13.8 Å². The molecule has 7 nitrogen and oxygen atoms in total. The van der Waals surface area contributed by atoms with Gasteiger partial charge in [-0.05, 0) is 32.6 Å². The zero-order valence-corrected chi connectivity index (χ0v) is 13.2. The second-order valence-electron chi connectivity index (χ2n) is 5.88. The van der Waals surface area contributed by atoms with Gasteiger partial charge in [-0.15, -0.1) is 0 Å². The van der Waals surface area contributed by atoms with Crippen molar-refractivity contribution in [1.82, 2.24) is 9.62 Å². The molecule has 8 heteroatoms. The largest absolute Gasteiger partial charge is 0.378 e. The van der Waals surface area contributed by atoms with Gasteiger partial charge >= 0.3 is 0 Å². The molecule has 1 amide bonds. The van der Waals surface area contributed by atoms with Crippen LogP contribution in [0.5, 0.6) is 0 Å². The van der Waals surface area contributed by atoms with E-state index in [-0.39, 0.29) is 18.4 Å². The minimum Gasteiger partial charge on any atom is -0.378 e. The van der Waals surface area contributed by atoms with Gasteiger partial charge in [0.2, 0.25) is 5.91 Å². The van der Waals surface area contributed by atoms with Crippen molar-refractivity contribution in [3.05, 3.63) is 0 Å². The lowest BCUT2D eigenvalue weighted by Gasteiger charge is -2.34. The van der Waals surface area contributed by atoms with Crippen molar-refractivity contribution < 1.29 is 17.9 Å². The highest BCUT2D eigenvalue weighted by molar-refractivity contribution is 7.87. The van der Waals surface area contributed by atoms with Crippen LogP contribution in [0.25, 0.3) is 0 Å². The molecule has 0 aromatic heterocycles. The van der Waals surface area contributed by atoms with Crippen LogP contribution in [-0.4, -0.2) is 51.6 Å². The van der Waals surface area contributed by atoms with Gasteiger partial charge in [0.1, 0.15) is 0 Å². The SMILES string of the molecule is COC(C)(C)CC(=O)N1CCCC(CNS(N)(=O)=O)C1. The summed E-state index contributed by atoms with van der Waals surface area (Å²) in [6.45, 7) is 5.28. The fourth-order valence-corrected chi connectivity index (χ4v) is 2.71. The standard InChI is InChI=1S/C12H25N3O4S/c1-12(2,19-3)7-11(16)15-6-4-5-10(9-15)8-14-20(13,17)18/h10,14H,4-9H2,1-3H3,(H2,13,17,18). The van der Waals surface area contributed by atoms with Crippen LogP contribution in [0, 0.1) is 5.92 Å². The van der Waals surface area contributed by atoms with Crippen molar-refractivity contribution in [2.45, 2.75) is 38.7 Å². The molecular weight excluding hydrogens is 282 g/mol. The van der Waals surface area contributed by atoms with Crippen molar-refractivity contribution in [2.75, 3.05) is 26.7 Å². The summed E-state index contributed by atoms with van der Waals surface area (Å²) in [5, 5.41) is 4.91. The van der Waals surface area contributed by atoms with E-state index in [0.29, 0.717) is 19.5 Å². The van der Waals surface area contributed by atoms with Crippen LogP contribution >= 0.6 is 0 Å². The van der Waals surface area contributed by atoms with Crippen LogP contribution in [0.2, 0.25) is 0 Å². The Hall–Kier alpha value is -0.700. The Morgan fingerprint density at radius 1 is 1.50 bits per heavy atom. The Morgan fingerprint density at radius 3 is 2.70 bits per heavy atom. The van der Waals surface area contributed by atoms with Gasteiger partial charge in [0.15, 0.2) is 0 Å². The number of hydrogen-bond donors (Lipinski definition) is 2. The fraction of sp³-hybridized carbons (Fsp3) is 0.917. The van der Waals surface area contributed by atoms with E-state index in [2.05, 4.69) is 4.72 Å². The van der Waals surface area contributed by atoms with Crippen LogP contribution in [0.1, 0.15) is 33.1 Å². The van der Waals surface area contributed by atoms with Gasteiger partial charge in [0.25, 0.3) is 10.2 Å². The van der Waals surface area contributed by atoms with Gasteiger partial charge in [-0.3, -0.25) is 4.79 Å². The minimum absolute atomic E-state index is 0.0390. The summed E-state index contributed by atoms with van der Waals surface area (Å²) in [4.78, 5) is 14.0. The van der Waals surface area contributed by atoms with Crippen molar-refractivity contribution in [2.24, 2.45) is 11.1 Å². The smallest absolute Gasteiger partial charge is 0.274 e. The molecule has 1 atom stereocenters. The zero-order valence-electron chi connectivity index (χ0n) is 12.4. The number of carbonyl (C=O) groups excluding carboxylic acids is 1. The van der Waals surface area contributed by atoms with Crippen LogP contribution in [0.3, 0.4) is 0 Å². The average Bonchev–Trinajstić information content (AvgIpc) is 2.35. The lowest BCUT2D eigenvalue weighted by Crippen LogP contribution is -2.46.